The van der Waals surface area contributed by atoms with Gasteiger partial charge in [-0.15, -0.1) is 0 Å². The van der Waals surface area contributed by atoms with E-state index in [0.717, 1.165) is 36.8 Å². The molecule has 2 fully saturated rings. The van der Waals surface area contributed by atoms with E-state index in [4.69, 9.17) is 4.74 Å². The highest BCUT2D eigenvalue weighted by molar-refractivity contribution is 9.10. The van der Waals surface area contributed by atoms with Gasteiger partial charge in [-0.1, -0.05) is 0 Å². The smallest absolute Gasteiger partial charge is 0.187 e. The number of nitrogens with zero attached hydrogens (tertiary/aromatic N) is 3. The third-order valence-corrected chi connectivity index (χ3v) is 4.81. The van der Waals surface area contributed by atoms with Crippen molar-refractivity contribution in [3.05, 3.63) is 16.4 Å². The molecule has 0 radical (unpaired) electrons. The zero-order valence-electron chi connectivity index (χ0n) is 11.9. The Morgan fingerprint density at radius 3 is 2.95 bits per heavy atom. The van der Waals surface area contributed by atoms with Gasteiger partial charge >= 0.3 is 0 Å². The summed E-state index contributed by atoms with van der Waals surface area (Å²) in [5.74, 6) is 0.195. The third kappa shape index (κ3) is 2.56. The topological polar surface area (TPSA) is 47.4 Å². The number of carbonyl (C=O) groups is 1. The maximum absolute atomic E-state index is 12.8. The van der Waals surface area contributed by atoms with Crippen LogP contribution in [0, 0.1) is 5.92 Å². The van der Waals surface area contributed by atoms with E-state index in [1.165, 1.54) is 0 Å². The number of carbonyl (C=O) groups excluding carboxylic acids is 1. The molecular formula is C14H20BrN3O2. The fourth-order valence-electron chi connectivity index (χ4n) is 3.16. The maximum Gasteiger partial charge on any atom is 0.187 e. The van der Waals surface area contributed by atoms with Crippen LogP contribution in [0.4, 0.5) is 0 Å². The molecule has 20 heavy (non-hydrogen) atoms. The molecule has 3 unspecified atom stereocenters. The van der Waals surface area contributed by atoms with Crippen molar-refractivity contribution in [3.8, 4) is 0 Å². The van der Waals surface area contributed by atoms with Gasteiger partial charge in [0.1, 0.15) is 5.69 Å². The second kappa shape index (κ2) is 5.58. The largest absolute Gasteiger partial charge is 0.374 e. The van der Waals surface area contributed by atoms with Crippen LogP contribution < -0.4 is 0 Å². The summed E-state index contributed by atoms with van der Waals surface area (Å²) in [4.78, 5) is 14.9. The van der Waals surface area contributed by atoms with Crippen LogP contribution >= 0.6 is 15.9 Å². The highest BCUT2D eigenvalue weighted by atomic mass is 79.9. The summed E-state index contributed by atoms with van der Waals surface area (Å²) >= 11 is 3.47. The van der Waals surface area contributed by atoms with Crippen LogP contribution in [0.5, 0.6) is 0 Å². The number of rotatable bonds is 5. The summed E-state index contributed by atoms with van der Waals surface area (Å²) in [5, 5.41) is 4.32. The standard InChI is InChI=1S/C14H20BrN3O2/c1-17(2)5-6-18-13(11(15)8-16-18)14(19)10-7-9-3-4-12(10)20-9/h8-10,12H,3-7H2,1-2H3. The van der Waals surface area contributed by atoms with Crippen molar-refractivity contribution in [2.75, 3.05) is 20.6 Å². The van der Waals surface area contributed by atoms with Crippen molar-refractivity contribution in [2.45, 2.75) is 38.0 Å². The number of ketones is 1. The molecule has 3 heterocycles. The van der Waals surface area contributed by atoms with E-state index in [0.29, 0.717) is 11.8 Å². The minimum Gasteiger partial charge on any atom is -0.374 e. The fourth-order valence-corrected chi connectivity index (χ4v) is 3.65. The summed E-state index contributed by atoms with van der Waals surface area (Å²) in [6, 6.07) is 0. The molecule has 2 bridgehead atoms. The summed E-state index contributed by atoms with van der Waals surface area (Å²) in [5.41, 5.74) is 0.702. The van der Waals surface area contributed by atoms with E-state index in [9.17, 15) is 4.79 Å². The van der Waals surface area contributed by atoms with E-state index in [-0.39, 0.29) is 17.8 Å². The Labute approximate surface area is 127 Å². The first kappa shape index (κ1) is 14.2. The van der Waals surface area contributed by atoms with Crippen molar-refractivity contribution in [3.63, 3.8) is 0 Å². The van der Waals surface area contributed by atoms with Crippen molar-refractivity contribution in [1.29, 1.82) is 0 Å². The van der Waals surface area contributed by atoms with E-state index in [2.05, 4.69) is 25.9 Å². The lowest BCUT2D eigenvalue weighted by Gasteiger charge is -2.18. The van der Waals surface area contributed by atoms with Gasteiger partial charge in [0.2, 0.25) is 0 Å². The Balaban J connectivity index is 1.78. The van der Waals surface area contributed by atoms with Gasteiger partial charge in [-0.05, 0) is 49.3 Å². The SMILES string of the molecule is CN(C)CCn1ncc(Br)c1C(=O)C1CC2CCC1O2. The Morgan fingerprint density at radius 2 is 2.35 bits per heavy atom. The quantitative estimate of drug-likeness (QED) is 0.768. The highest BCUT2D eigenvalue weighted by Crippen LogP contribution is 2.40. The molecule has 2 aliphatic heterocycles. The number of ether oxygens (including phenoxy) is 1. The molecule has 5 nitrogen and oxygen atoms in total. The van der Waals surface area contributed by atoms with Crippen LogP contribution in [0.25, 0.3) is 0 Å². The van der Waals surface area contributed by atoms with Crippen LogP contribution in [0.3, 0.4) is 0 Å². The Hall–Kier alpha value is -0.720. The first-order valence-corrected chi connectivity index (χ1v) is 7.91. The van der Waals surface area contributed by atoms with Gasteiger partial charge in [-0.25, -0.2) is 0 Å². The average molecular weight is 342 g/mol. The first-order valence-electron chi connectivity index (χ1n) is 7.12. The van der Waals surface area contributed by atoms with Gasteiger partial charge in [-0.3, -0.25) is 9.48 Å². The van der Waals surface area contributed by atoms with E-state index >= 15 is 0 Å². The molecule has 0 spiro atoms. The molecule has 0 N–H and O–H groups in total. The highest BCUT2D eigenvalue weighted by Gasteiger charge is 2.45. The molecule has 0 aliphatic carbocycles. The molecule has 1 aromatic heterocycles. The van der Waals surface area contributed by atoms with Crippen molar-refractivity contribution in [2.24, 2.45) is 5.92 Å². The summed E-state index contributed by atoms with van der Waals surface area (Å²) < 4.78 is 8.42. The zero-order valence-corrected chi connectivity index (χ0v) is 13.5. The number of fused-ring (bicyclic) bond motifs is 2. The fraction of sp³-hybridized carbons (Fsp3) is 0.714. The second-order valence-corrected chi connectivity index (χ2v) is 6.80. The number of likely N-dealkylation sites (N-methyl/N-ethyl adjacent to an activating group) is 1. The number of Topliss-reactive ketones (excluding diaryl/α,β-unsaturated/α-hetero) is 1. The molecule has 1 aromatic rings. The first-order chi connectivity index (χ1) is 9.56. The molecule has 2 saturated heterocycles. The molecule has 3 rings (SSSR count). The monoisotopic (exact) mass is 341 g/mol. The number of hydrogen-bond acceptors (Lipinski definition) is 4. The Morgan fingerprint density at radius 1 is 1.55 bits per heavy atom. The molecule has 6 heteroatoms. The van der Waals surface area contributed by atoms with Crippen LogP contribution in [0.2, 0.25) is 0 Å². The van der Waals surface area contributed by atoms with Crippen LogP contribution in [-0.2, 0) is 11.3 Å². The minimum absolute atomic E-state index is 0.0138. The van der Waals surface area contributed by atoms with Crippen molar-refractivity contribution >= 4 is 21.7 Å². The van der Waals surface area contributed by atoms with Crippen LogP contribution in [-0.4, -0.2) is 53.3 Å². The predicted octanol–water partition coefficient (Wildman–Crippen LogP) is 1.96. The maximum atomic E-state index is 12.8. The summed E-state index contributed by atoms with van der Waals surface area (Å²) in [6.45, 7) is 1.59. The second-order valence-electron chi connectivity index (χ2n) is 5.95. The van der Waals surface area contributed by atoms with Gasteiger partial charge in [0.15, 0.2) is 5.78 Å². The molecule has 0 saturated carbocycles. The zero-order chi connectivity index (χ0) is 14.3. The molecular weight excluding hydrogens is 322 g/mol. The molecule has 0 amide bonds. The molecule has 3 atom stereocenters. The predicted molar refractivity (Wildman–Crippen MR) is 78.8 cm³/mol. The lowest BCUT2D eigenvalue weighted by molar-refractivity contribution is 0.0734. The van der Waals surface area contributed by atoms with Gasteiger partial charge in [0, 0.05) is 6.54 Å². The van der Waals surface area contributed by atoms with Gasteiger partial charge in [0.05, 0.1) is 35.3 Å². The summed E-state index contributed by atoms with van der Waals surface area (Å²) in [7, 11) is 4.04. The number of aromatic nitrogens is 2. The number of halogens is 1. The minimum atomic E-state index is 0.0138. The van der Waals surface area contributed by atoms with Gasteiger partial charge in [-0.2, -0.15) is 5.10 Å². The van der Waals surface area contributed by atoms with Crippen LogP contribution in [0.1, 0.15) is 29.8 Å². The lowest BCUT2D eigenvalue weighted by atomic mass is 9.85. The normalized spacial score (nSPS) is 28.5. The van der Waals surface area contributed by atoms with E-state index in [1.807, 2.05) is 18.8 Å². The van der Waals surface area contributed by atoms with Gasteiger partial charge < -0.3 is 9.64 Å². The van der Waals surface area contributed by atoms with E-state index < -0.39 is 0 Å². The lowest BCUT2D eigenvalue weighted by Crippen LogP contribution is -2.29. The van der Waals surface area contributed by atoms with Crippen LogP contribution in [0.15, 0.2) is 10.7 Å². The molecule has 2 aliphatic rings. The molecule has 0 aromatic carbocycles. The average Bonchev–Trinajstić information content (AvgIpc) is 3.10. The van der Waals surface area contributed by atoms with Gasteiger partial charge in [0.25, 0.3) is 0 Å². The summed E-state index contributed by atoms with van der Waals surface area (Å²) in [6.07, 6.45) is 5.13. The Bertz CT molecular complexity index is 515. The number of hydrogen-bond donors (Lipinski definition) is 0. The third-order valence-electron chi connectivity index (χ3n) is 4.23. The van der Waals surface area contributed by atoms with Crippen molar-refractivity contribution in [1.82, 2.24) is 14.7 Å². The molecule has 110 valence electrons. The van der Waals surface area contributed by atoms with Crippen molar-refractivity contribution < 1.29 is 9.53 Å². The Kier molecular flexibility index (Phi) is 3.97. The van der Waals surface area contributed by atoms with E-state index in [1.54, 1.807) is 6.20 Å².